The molecule has 1 aromatic carbocycles. The molecule has 2 unspecified atom stereocenters. The normalized spacial score (nSPS) is 23.7. The number of rotatable bonds is 4. The first-order valence-electron chi connectivity index (χ1n) is 12.2. The number of nitrogens with two attached hydrogens (primary N) is 1. The molecule has 3 heterocycles. The highest BCUT2D eigenvalue weighted by Crippen LogP contribution is 2.38. The molecule has 5 rings (SSSR count). The van der Waals surface area contributed by atoms with E-state index in [0.717, 1.165) is 47.6 Å². The van der Waals surface area contributed by atoms with Crippen molar-refractivity contribution < 1.29 is 19.1 Å². The number of nitrogens with one attached hydrogen (secondary N) is 1. The Hall–Kier alpha value is -3.62. The van der Waals surface area contributed by atoms with Gasteiger partial charge >= 0.3 is 6.09 Å². The molecule has 0 spiro atoms. The number of piperidine rings is 1. The van der Waals surface area contributed by atoms with E-state index in [9.17, 15) is 14.4 Å². The number of carbonyl (C=O) groups excluding carboxylic acids is 3. The fourth-order valence-electron chi connectivity index (χ4n) is 5.55. The fourth-order valence-corrected chi connectivity index (χ4v) is 5.55. The van der Waals surface area contributed by atoms with Crippen LogP contribution in [0.3, 0.4) is 0 Å². The molecule has 2 aromatic rings. The molecule has 0 radical (unpaired) electrons. The number of fused-ring (bicyclic) bond motifs is 2. The number of carbonyl (C=O) groups is 3. The zero-order chi connectivity index (χ0) is 24.5. The van der Waals surface area contributed by atoms with E-state index in [1.165, 1.54) is 12.0 Å². The number of hydrogen-bond acceptors (Lipinski definition) is 6. The summed E-state index contributed by atoms with van der Waals surface area (Å²) < 4.78 is 4.98. The molecule has 0 saturated carbocycles. The molecular formula is C26H31N5O4. The van der Waals surface area contributed by atoms with Crippen molar-refractivity contribution in [2.45, 2.75) is 50.7 Å². The summed E-state index contributed by atoms with van der Waals surface area (Å²) in [5, 5.41) is 4.80. The highest BCUT2D eigenvalue weighted by molar-refractivity contribution is 5.95. The third-order valence-corrected chi connectivity index (χ3v) is 7.53. The Kier molecular flexibility index (Phi) is 6.32. The van der Waals surface area contributed by atoms with Gasteiger partial charge in [0.1, 0.15) is 17.9 Å². The van der Waals surface area contributed by atoms with E-state index in [1.807, 2.05) is 24.3 Å². The van der Waals surface area contributed by atoms with Gasteiger partial charge in [-0.25, -0.2) is 9.78 Å². The van der Waals surface area contributed by atoms with Gasteiger partial charge in [-0.2, -0.15) is 0 Å². The van der Waals surface area contributed by atoms with Crippen LogP contribution in [-0.4, -0.2) is 65.0 Å². The number of nitrogen functional groups attached to an aromatic ring is 1. The molecule has 9 nitrogen and oxygen atoms in total. The van der Waals surface area contributed by atoms with Crippen LogP contribution in [0.25, 0.3) is 10.8 Å². The van der Waals surface area contributed by atoms with Gasteiger partial charge in [-0.05, 0) is 66.7 Å². The van der Waals surface area contributed by atoms with Crippen LogP contribution in [0, 0.1) is 5.92 Å². The number of anilines is 1. The zero-order valence-corrected chi connectivity index (χ0v) is 19.9. The van der Waals surface area contributed by atoms with Gasteiger partial charge in [-0.15, -0.1) is 0 Å². The third kappa shape index (κ3) is 4.31. The van der Waals surface area contributed by atoms with Crippen molar-refractivity contribution in [1.82, 2.24) is 20.1 Å². The van der Waals surface area contributed by atoms with Crippen LogP contribution in [0.5, 0.6) is 0 Å². The minimum absolute atomic E-state index is 0.187. The maximum atomic E-state index is 13.7. The number of hydrogen-bond donors (Lipinski definition) is 2. The minimum Gasteiger partial charge on any atom is -0.453 e. The number of pyridine rings is 1. The second kappa shape index (κ2) is 9.56. The number of nitrogens with zero attached hydrogens (tertiary/aromatic N) is 3. The Balaban J connectivity index is 1.28. The van der Waals surface area contributed by atoms with E-state index >= 15 is 0 Å². The predicted octanol–water partition coefficient (Wildman–Crippen LogP) is 2.60. The van der Waals surface area contributed by atoms with Crippen molar-refractivity contribution in [2.24, 2.45) is 5.92 Å². The SMILES string of the molecule is COC(=O)N1CCC2CCCC=C2C1C(=O)N1CC[C@H]1C(=O)NCc1ccc2c(N)nccc2c1. The van der Waals surface area contributed by atoms with Crippen LogP contribution in [0.2, 0.25) is 0 Å². The van der Waals surface area contributed by atoms with Crippen molar-refractivity contribution in [3.63, 3.8) is 0 Å². The average molecular weight is 478 g/mol. The highest BCUT2D eigenvalue weighted by atomic mass is 16.5. The monoisotopic (exact) mass is 477 g/mol. The summed E-state index contributed by atoms with van der Waals surface area (Å²) in [6, 6.07) is 6.45. The van der Waals surface area contributed by atoms with Crippen LogP contribution in [-0.2, 0) is 20.9 Å². The molecule has 2 fully saturated rings. The van der Waals surface area contributed by atoms with Crippen LogP contribution < -0.4 is 11.1 Å². The Morgan fingerprint density at radius 3 is 2.74 bits per heavy atom. The maximum Gasteiger partial charge on any atom is 0.410 e. The predicted molar refractivity (Wildman–Crippen MR) is 131 cm³/mol. The maximum absolute atomic E-state index is 13.7. The van der Waals surface area contributed by atoms with Crippen LogP contribution >= 0.6 is 0 Å². The molecule has 9 heteroatoms. The van der Waals surface area contributed by atoms with E-state index in [-0.39, 0.29) is 11.8 Å². The third-order valence-electron chi connectivity index (χ3n) is 7.53. The molecular weight excluding hydrogens is 446 g/mol. The van der Waals surface area contributed by atoms with Crippen LogP contribution in [0.4, 0.5) is 10.6 Å². The standard InChI is InChI=1S/C26H31N5O4/c1-35-26(34)31-12-9-17-4-2-3-5-19(17)22(31)25(33)30-13-10-21(30)24(32)29-15-16-6-7-20-18(14-16)8-11-28-23(20)27/h5-8,11,14,17,21-22H,2-4,9-10,12-13,15H2,1H3,(H2,27,28)(H,29,32)/t17?,21-,22?/m0/s1. The van der Waals surface area contributed by atoms with E-state index < -0.39 is 18.2 Å². The topological polar surface area (TPSA) is 118 Å². The summed E-state index contributed by atoms with van der Waals surface area (Å²) in [6.07, 6.45) is 7.74. The molecule has 1 aliphatic carbocycles. The quantitative estimate of drug-likeness (QED) is 0.654. The van der Waals surface area contributed by atoms with Crippen LogP contribution in [0.15, 0.2) is 42.1 Å². The number of allylic oxidation sites excluding steroid dienone is 1. The summed E-state index contributed by atoms with van der Waals surface area (Å²) >= 11 is 0. The molecule has 35 heavy (non-hydrogen) atoms. The number of methoxy groups -OCH3 is 1. The molecule has 2 aliphatic heterocycles. The van der Waals surface area contributed by atoms with Gasteiger partial charge in [0.25, 0.3) is 5.91 Å². The number of benzene rings is 1. The lowest BCUT2D eigenvalue weighted by atomic mass is 9.77. The molecule has 0 bridgehead atoms. The molecule has 1 aromatic heterocycles. The molecule has 184 valence electrons. The largest absolute Gasteiger partial charge is 0.453 e. The highest BCUT2D eigenvalue weighted by Gasteiger charge is 2.47. The summed E-state index contributed by atoms with van der Waals surface area (Å²) in [7, 11) is 1.34. The number of aromatic nitrogens is 1. The van der Waals surface area contributed by atoms with E-state index in [2.05, 4.69) is 16.4 Å². The molecule has 3 amide bonds. The summed E-state index contributed by atoms with van der Waals surface area (Å²) in [6.45, 7) is 1.33. The van der Waals surface area contributed by atoms with Crippen molar-refractivity contribution in [2.75, 3.05) is 25.9 Å². The second-order valence-electron chi connectivity index (χ2n) is 9.49. The van der Waals surface area contributed by atoms with Crippen molar-refractivity contribution >= 4 is 34.5 Å². The minimum atomic E-state index is -0.684. The van der Waals surface area contributed by atoms with Gasteiger partial charge in [0.15, 0.2) is 0 Å². The lowest BCUT2D eigenvalue weighted by molar-refractivity contribution is -0.151. The number of likely N-dealkylation sites (tertiary alicyclic amines) is 2. The lowest BCUT2D eigenvalue weighted by Gasteiger charge is -2.47. The fraction of sp³-hybridized carbons (Fsp3) is 0.462. The van der Waals surface area contributed by atoms with Gasteiger partial charge in [-0.3, -0.25) is 14.5 Å². The van der Waals surface area contributed by atoms with Gasteiger partial charge in [0.2, 0.25) is 5.91 Å². The Morgan fingerprint density at radius 2 is 1.97 bits per heavy atom. The first-order valence-corrected chi connectivity index (χ1v) is 12.2. The molecule has 3 atom stereocenters. The summed E-state index contributed by atoms with van der Waals surface area (Å²) in [5.74, 6) is 0.409. The first kappa shape index (κ1) is 23.1. The summed E-state index contributed by atoms with van der Waals surface area (Å²) in [4.78, 5) is 46.4. The van der Waals surface area contributed by atoms with Gasteiger partial charge in [0, 0.05) is 31.2 Å². The van der Waals surface area contributed by atoms with Crippen LogP contribution in [0.1, 0.15) is 37.7 Å². The molecule has 3 aliphatic rings. The second-order valence-corrected chi connectivity index (χ2v) is 9.49. The Morgan fingerprint density at radius 1 is 1.14 bits per heavy atom. The van der Waals surface area contributed by atoms with E-state index in [1.54, 1.807) is 11.1 Å². The van der Waals surface area contributed by atoms with Crippen molar-refractivity contribution in [1.29, 1.82) is 0 Å². The Bertz CT molecular complexity index is 1200. The summed E-state index contributed by atoms with van der Waals surface area (Å²) in [5.41, 5.74) is 7.87. The average Bonchev–Trinajstić information content (AvgIpc) is 2.85. The molecule has 3 N–H and O–H groups in total. The number of ether oxygens (including phenoxy) is 1. The van der Waals surface area contributed by atoms with Gasteiger partial charge in [-0.1, -0.05) is 18.2 Å². The van der Waals surface area contributed by atoms with Gasteiger partial charge in [0.05, 0.1) is 7.11 Å². The van der Waals surface area contributed by atoms with Gasteiger partial charge < -0.3 is 20.7 Å². The molecule has 2 saturated heterocycles. The lowest BCUT2D eigenvalue weighted by Crippen LogP contribution is -2.64. The van der Waals surface area contributed by atoms with E-state index in [0.29, 0.717) is 37.8 Å². The zero-order valence-electron chi connectivity index (χ0n) is 19.9. The number of amides is 3. The van der Waals surface area contributed by atoms with E-state index in [4.69, 9.17) is 10.5 Å². The first-order chi connectivity index (χ1) is 17.0. The Labute approximate surface area is 204 Å². The van der Waals surface area contributed by atoms with Crippen molar-refractivity contribution in [3.05, 3.63) is 47.7 Å². The van der Waals surface area contributed by atoms with Crippen molar-refractivity contribution in [3.8, 4) is 0 Å². The smallest absolute Gasteiger partial charge is 0.410 e.